The summed E-state index contributed by atoms with van der Waals surface area (Å²) in [4.78, 5) is 21.1. The van der Waals surface area contributed by atoms with Gasteiger partial charge in [-0.05, 0) is 30.3 Å². The molecule has 0 unspecified atom stereocenters. The maximum atomic E-state index is 12.5. The summed E-state index contributed by atoms with van der Waals surface area (Å²) in [5.74, 6) is 0.867. The molecule has 0 spiro atoms. The molecular weight excluding hydrogens is 366 g/mol. The van der Waals surface area contributed by atoms with Crippen LogP contribution in [-0.2, 0) is 10.0 Å². The molecule has 9 heteroatoms. The molecule has 0 saturated carbocycles. The molecule has 2 aromatic rings. The van der Waals surface area contributed by atoms with Gasteiger partial charge in [0.25, 0.3) is 0 Å². The number of rotatable bonds is 6. The molecule has 1 aliphatic heterocycles. The molecule has 144 valence electrons. The Kier molecular flexibility index (Phi) is 5.62. The lowest BCUT2D eigenvalue weighted by Gasteiger charge is -2.35. The van der Waals surface area contributed by atoms with E-state index in [2.05, 4.69) is 19.5 Å². The zero-order valence-corrected chi connectivity index (χ0v) is 15.9. The number of Topliss-reactive ketones (excluding diaryl/α,β-unsaturated/α-hetero) is 1. The van der Waals surface area contributed by atoms with Gasteiger partial charge in [-0.1, -0.05) is 0 Å². The smallest absolute Gasteiger partial charge is 0.229 e. The average molecular weight is 389 g/mol. The Hall–Kier alpha value is -2.65. The Balaban J connectivity index is 1.53. The molecule has 0 radical (unpaired) electrons. The Morgan fingerprint density at radius 1 is 1.15 bits per heavy atom. The zero-order chi connectivity index (χ0) is 19.4. The normalized spacial score (nSPS) is 15.5. The van der Waals surface area contributed by atoms with E-state index in [0.29, 0.717) is 23.5 Å². The van der Waals surface area contributed by atoms with Crippen LogP contribution in [0.1, 0.15) is 10.4 Å². The van der Waals surface area contributed by atoms with Gasteiger partial charge >= 0.3 is 0 Å². The van der Waals surface area contributed by atoms with Crippen molar-refractivity contribution in [3.05, 3.63) is 48.2 Å². The summed E-state index contributed by atoms with van der Waals surface area (Å²) in [6, 6.07) is 10.1. The van der Waals surface area contributed by atoms with Gasteiger partial charge in [-0.3, -0.25) is 14.4 Å². The highest BCUT2D eigenvalue weighted by molar-refractivity contribution is 7.92. The van der Waals surface area contributed by atoms with Crippen LogP contribution in [0.4, 0.5) is 17.2 Å². The average Bonchev–Trinajstić information content (AvgIpc) is 2.61. The number of piperazine rings is 1. The third kappa shape index (κ3) is 5.41. The van der Waals surface area contributed by atoms with Gasteiger partial charge in [0.1, 0.15) is 5.82 Å². The van der Waals surface area contributed by atoms with Gasteiger partial charge in [0.15, 0.2) is 5.78 Å². The summed E-state index contributed by atoms with van der Waals surface area (Å²) in [7, 11) is -3.32. The molecule has 3 N–H and O–H groups in total. The first-order chi connectivity index (χ1) is 12.8. The molecule has 1 aromatic heterocycles. The van der Waals surface area contributed by atoms with E-state index in [1.54, 1.807) is 36.5 Å². The molecule has 1 fully saturated rings. The SMILES string of the molecule is CS(=O)(=O)Nc1ccc(C(=O)CN2CCN(c3cc(N)ccn3)CC2)cc1. The number of carbonyl (C=O) groups excluding carboxylic acids is 1. The second-order valence-corrected chi connectivity index (χ2v) is 8.33. The van der Waals surface area contributed by atoms with E-state index in [1.165, 1.54) is 0 Å². The van der Waals surface area contributed by atoms with Crippen LogP contribution in [0.15, 0.2) is 42.6 Å². The molecule has 1 aromatic carbocycles. The maximum absolute atomic E-state index is 12.5. The third-order valence-corrected chi connectivity index (χ3v) is 4.95. The number of aromatic nitrogens is 1. The first kappa shape index (κ1) is 19.1. The lowest BCUT2D eigenvalue weighted by molar-refractivity contribution is 0.0926. The van der Waals surface area contributed by atoms with Crippen LogP contribution in [-0.4, -0.2) is 63.1 Å². The maximum Gasteiger partial charge on any atom is 0.229 e. The fourth-order valence-corrected chi connectivity index (χ4v) is 3.54. The minimum absolute atomic E-state index is 0.0106. The summed E-state index contributed by atoms with van der Waals surface area (Å²) in [6.45, 7) is 3.41. The van der Waals surface area contributed by atoms with E-state index in [9.17, 15) is 13.2 Å². The number of carbonyl (C=O) groups is 1. The van der Waals surface area contributed by atoms with E-state index < -0.39 is 10.0 Å². The monoisotopic (exact) mass is 389 g/mol. The quantitative estimate of drug-likeness (QED) is 0.711. The molecule has 8 nitrogen and oxygen atoms in total. The van der Waals surface area contributed by atoms with Crippen LogP contribution in [0, 0.1) is 0 Å². The largest absolute Gasteiger partial charge is 0.399 e. The van der Waals surface area contributed by atoms with Crippen molar-refractivity contribution in [1.29, 1.82) is 0 Å². The van der Waals surface area contributed by atoms with Crippen molar-refractivity contribution < 1.29 is 13.2 Å². The zero-order valence-electron chi connectivity index (χ0n) is 15.1. The van der Waals surface area contributed by atoms with E-state index >= 15 is 0 Å². The summed E-state index contributed by atoms with van der Waals surface area (Å²) < 4.78 is 24.8. The lowest BCUT2D eigenvalue weighted by atomic mass is 10.1. The van der Waals surface area contributed by atoms with Crippen molar-refractivity contribution in [2.75, 3.05) is 54.3 Å². The van der Waals surface area contributed by atoms with E-state index in [1.807, 2.05) is 6.07 Å². The van der Waals surface area contributed by atoms with Gasteiger partial charge in [-0.25, -0.2) is 13.4 Å². The number of nitrogens with one attached hydrogen (secondary N) is 1. The molecule has 1 saturated heterocycles. The topological polar surface area (TPSA) is 109 Å². The predicted molar refractivity (Wildman–Crippen MR) is 107 cm³/mol. The van der Waals surface area contributed by atoms with Gasteiger partial charge in [-0.15, -0.1) is 0 Å². The molecule has 0 aliphatic carbocycles. The van der Waals surface area contributed by atoms with Crippen molar-refractivity contribution in [2.45, 2.75) is 0 Å². The molecule has 3 rings (SSSR count). The molecule has 1 aliphatic rings. The first-order valence-corrected chi connectivity index (χ1v) is 10.5. The van der Waals surface area contributed by atoms with Crippen molar-refractivity contribution in [1.82, 2.24) is 9.88 Å². The van der Waals surface area contributed by atoms with Crippen LogP contribution in [0.25, 0.3) is 0 Å². The molecule has 2 heterocycles. The number of benzene rings is 1. The number of sulfonamides is 1. The van der Waals surface area contributed by atoms with Crippen LogP contribution >= 0.6 is 0 Å². The first-order valence-electron chi connectivity index (χ1n) is 8.60. The summed E-state index contributed by atoms with van der Waals surface area (Å²) in [5.41, 5.74) is 7.50. The van der Waals surface area contributed by atoms with Crippen molar-refractivity contribution in [3.8, 4) is 0 Å². The second kappa shape index (κ2) is 7.93. The van der Waals surface area contributed by atoms with Gasteiger partial charge in [0, 0.05) is 55.4 Å². The summed E-state index contributed by atoms with van der Waals surface area (Å²) in [5, 5.41) is 0. The molecular formula is C18H23N5O3S. The number of nitrogens with zero attached hydrogens (tertiary/aromatic N) is 3. The second-order valence-electron chi connectivity index (χ2n) is 6.59. The van der Waals surface area contributed by atoms with E-state index in [4.69, 9.17) is 5.73 Å². The number of hydrogen-bond donors (Lipinski definition) is 2. The molecule has 0 amide bonds. The van der Waals surface area contributed by atoms with E-state index in [-0.39, 0.29) is 5.78 Å². The summed E-state index contributed by atoms with van der Waals surface area (Å²) >= 11 is 0. The van der Waals surface area contributed by atoms with Gasteiger partial charge in [-0.2, -0.15) is 0 Å². The van der Waals surface area contributed by atoms with E-state index in [0.717, 1.165) is 38.3 Å². The number of nitrogen functional groups attached to an aromatic ring is 1. The van der Waals surface area contributed by atoms with Crippen molar-refractivity contribution in [3.63, 3.8) is 0 Å². The van der Waals surface area contributed by atoms with Gasteiger partial charge in [0.05, 0.1) is 12.8 Å². The number of hydrogen-bond acceptors (Lipinski definition) is 7. The number of pyridine rings is 1. The number of ketones is 1. The summed E-state index contributed by atoms with van der Waals surface area (Å²) in [6.07, 6.45) is 2.79. The van der Waals surface area contributed by atoms with Crippen LogP contribution in [0.3, 0.4) is 0 Å². The predicted octanol–water partition coefficient (Wildman–Crippen LogP) is 1.04. The Bertz CT molecular complexity index is 907. The molecule has 0 bridgehead atoms. The fraction of sp³-hybridized carbons (Fsp3) is 0.333. The Labute approximate surface area is 159 Å². The highest BCUT2D eigenvalue weighted by Crippen LogP contribution is 2.17. The van der Waals surface area contributed by atoms with Crippen molar-refractivity contribution in [2.24, 2.45) is 0 Å². The van der Waals surface area contributed by atoms with Gasteiger partial charge < -0.3 is 10.6 Å². The fourth-order valence-electron chi connectivity index (χ4n) is 2.97. The number of anilines is 3. The number of nitrogens with two attached hydrogens (primary N) is 1. The Morgan fingerprint density at radius 2 is 1.81 bits per heavy atom. The Morgan fingerprint density at radius 3 is 2.41 bits per heavy atom. The van der Waals surface area contributed by atoms with Crippen LogP contribution < -0.4 is 15.4 Å². The van der Waals surface area contributed by atoms with Crippen molar-refractivity contribution >= 4 is 33.0 Å². The molecule has 27 heavy (non-hydrogen) atoms. The lowest BCUT2D eigenvalue weighted by Crippen LogP contribution is -2.48. The van der Waals surface area contributed by atoms with Gasteiger partial charge in [0.2, 0.25) is 10.0 Å². The standard InChI is InChI=1S/C18H23N5O3S/c1-27(25,26)21-16-4-2-14(3-5-16)17(24)13-22-8-10-23(11-9-22)18-12-15(19)6-7-20-18/h2-7,12,21H,8-11,13H2,1H3,(H2,19,20). The molecule has 0 atom stereocenters. The van der Waals surface area contributed by atoms with Crippen LogP contribution in [0.5, 0.6) is 0 Å². The minimum atomic E-state index is -3.32. The minimum Gasteiger partial charge on any atom is -0.399 e. The van der Waals surface area contributed by atoms with Crippen LogP contribution in [0.2, 0.25) is 0 Å². The highest BCUT2D eigenvalue weighted by Gasteiger charge is 2.20. The third-order valence-electron chi connectivity index (χ3n) is 4.34. The highest BCUT2D eigenvalue weighted by atomic mass is 32.2.